The van der Waals surface area contributed by atoms with Gasteiger partial charge in [-0.25, -0.2) is 0 Å². The zero-order chi connectivity index (χ0) is 17.7. The van der Waals surface area contributed by atoms with E-state index in [0.29, 0.717) is 6.42 Å². The zero-order valence-corrected chi connectivity index (χ0v) is 16.3. The molecule has 0 radical (unpaired) electrons. The van der Waals surface area contributed by atoms with Crippen LogP contribution < -0.4 is 0 Å². The minimum Gasteiger partial charge on any atom is -0.283 e. The van der Waals surface area contributed by atoms with Crippen LogP contribution in [-0.2, 0) is 4.79 Å². The van der Waals surface area contributed by atoms with Crippen LogP contribution >= 0.6 is 0 Å². The van der Waals surface area contributed by atoms with Crippen LogP contribution in [0, 0.1) is 11.3 Å². The molecular formula is C22H41NO. The Labute approximate surface area is 151 Å². The highest BCUT2D eigenvalue weighted by Crippen LogP contribution is 2.14. The summed E-state index contributed by atoms with van der Waals surface area (Å²) in [5, 5.41) is 8.38. The highest BCUT2D eigenvalue weighted by atomic mass is 16.1. The van der Waals surface area contributed by atoms with E-state index in [1.807, 2.05) is 0 Å². The highest BCUT2D eigenvalue weighted by Gasteiger charge is 1.98. The fraction of sp³-hybridized carbons (Fsp3) is 0.909. The topological polar surface area (TPSA) is 40.9 Å². The van der Waals surface area contributed by atoms with Gasteiger partial charge in [0.1, 0.15) is 6.07 Å². The molecule has 0 unspecified atom stereocenters. The normalized spacial score (nSPS) is 10.7. The molecule has 140 valence electrons. The number of unbranched alkanes of at least 4 members (excludes halogenated alkanes) is 17. The Morgan fingerprint density at radius 1 is 0.583 bits per heavy atom. The van der Waals surface area contributed by atoms with Crippen molar-refractivity contribution in [1.29, 1.82) is 5.26 Å². The Morgan fingerprint density at radius 2 is 0.875 bits per heavy atom. The third kappa shape index (κ3) is 19.2. The summed E-state index contributed by atoms with van der Waals surface area (Å²) < 4.78 is 0. The summed E-state index contributed by atoms with van der Waals surface area (Å²) in [7, 11) is 0. The standard InChI is InChI=1S/C22H41NO/c1-2-3-4-5-6-7-8-9-10-11-12-13-14-15-16-17-18-19-20-22(24)21-23/h2-20H2,1H3. The van der Waals surface area contributed by atoms with Gasteiger partial charge in [0.25, 0.3) is 0 Å². The van der Waals surface area contributed by atoms with Gasteiger partial charge in [-0.05, 0) is 6.42 Å². The summed E-state index contributed by atoms with van der Waals surface area (Å²) >= 11 is 0. The molecule has 0 aromatic carbocycles. The molecule has 0 aliphatic heterocycles. The maximum absolute atomic E-state index is 10.8. The maximum atomic E-state index is 10.8. The van der Waals surface area contributed by atoms with E-state index < -0.39 is 0 Å². The van der Waals surface area contributed by atoms with Crippen molar-refractivity contribution in [2.75, 3.05) is 0 Å². The van der Waals surface area contributed by atoms with Crippen LogP contribution in [0.4, 0.5) is 0 Å². The Morgan fingerprint density at radius 3 is 1.17 bits per heavy atom. The minimum absolute atomic E-state index is 0.258. The average Bonchev–Trinajstić information content (AvgIpc) is 2.60. The summed E-state index contributed by atoms with van der Waals surface area (Å²) in [6.45, 7) is 2.28. The van der Waals surface area contributed by atoms with Gasteiger partial charge >= 0.3 is 0 Å². The Balaban J connectivity index is 3.00. The SMILES string of the molecule is CCCCCCCCCCCCCCCCCCCCC(=O)C#N. The van der Waals surface area contributed by atoms with Crippen molar-refractivity contribution in [3.63, 3.8) is 0 Å². The molecule has 0 N–H and O–H groups in total. The third-order valence-electron chi connectivity index (χ3n) is 4.88. The van der Waals surface area contributed by atoms with Crippen LogP contribution in [0.1, 0.15) is 129 Å². The van der Waals surface area contributed by atoms with Gasteiger partial charge in [0.2, 0.25) is 5.78 Å². The van der Waals surface area contributed by atoms with Crippen molar-refractivity contribution in [2.45, 2.75) is 129 Å². The van der Waals surface area contributed by atoms with Crippen LogP contribution in [-0.4, -0.2) is 5.78 Å². The number of nitrogens with zero attached hydrogens (tertiary/aromatic N) is 1. The van der Waals surface area contributed by atoms with E-state index in [4.69, 9.17) is 5.26 Å². The first-order valence-corrected chi connectivity index (χ1v) is 10.7. The smallest absolute Gasteiger partial charge is 0.231 e. The molecule has 0 amide bonds. The van der Waals surface area contributed by atoms with Gasteiger partial charge < -0.3 is 0 Å². The molecule has 0 rings (SSSR count). The van der Waals surface area contributed by atoms with Crippen molar-refractivity contribution in [2.24, 2.45) is 0 Å². The molecule has 0 saturated heterocycles. The predicted octanol–water partition coefficient (Wildman–Crippen LogP) is 7.51. The van der Waals surface area contributed by atoms with Crippen LogP contribution in [0.5, 0.6) is 0 Å². The lowest BCUT2D eigenvalue weighted by molar-refractivity contribution is -0.114. The Kier molecular flexibility index (Phi) is 19.5. The molecule has 0 aromatic rings. The lowest BCUT2D eigenvalue weighted by Gasteiger charge is -2.03. The fourth-order valence-electron chi connectivity index (χ4n) is 3.24. The van der Waals surface area contributed by atoms with Crippen LogP contribution in [0.15, 0.2) is 0 Å². The van der Waals surface area contributed by atoms with E-state index in [-0.39, 0.29) is 5.78 Å². The number of hydrogen-bond donors (Lipinski definition) is 0. The van der Waals surface area contributed by atoms with Gasteiger partial charge in [-0.1, -0.05) is 116 Å². The number of carbonyl (C=O) groups is 1. The predicted molar refractivity (Wildman–Crippen MR) is 104 cm³/mol. The van der Waals surface area contributed by atoms with Gasteiger partial charge in [0.05, 0.1) is 0 Å². The molecule has 0 spiro atoms. The molecule has 0 aliphatic rings. The van der Waals surface area contributed by atoms with E-state index in [2.05, 4.69) is 6.92 Å². The Hall–Kier alpha value is -0.840. The summed E-state index contributed by atoms with van der Waals surface area (Å²) in [4.78, 5) is 10.8. The molecule has 2 nitrogen and oxygen atoms in total. The summed E-state index contributed by atoms with van der Waals surface area (Å²) in [6, 6.07) is 1.68. The van der Waals surface area contributed by atoms with Crippen molar-refractivity contribution >= 4 is 5.78 Å². The van der Waals surface area contributed by atoms with E-state index in [0.717, 1.165) is 12.8 Å². The largest absolute Gasteiger partial charge is 0.283 e. The third-order valence-corrected chi connectivity index (χ3v) is 4.88. The van der Waals surface area contributed by atoms with Crippen LogP contribution in [0.2, 0.25) is 0 Å². The minimum atomic E-state index is -0.258. The van der Waals surface area contributed by atoms with Gasteiger partial charge in [-0.3, -0.25) is 4.79 Å². The molecule has 0 aliphatic carbocycles. The van der Waals surface area contributed by atoms with Crippen molar-refractivity contribution in [3.05, 3.63) is 0 Å². The van der Waals surface area contributed by atoms with Crippen molar-refractivity contribution in [1.82, 2.24) is 0 Å². The average molecular weight is 336 g/mol. The molecule has 0 fully saturated rings. The van der Waals surface area contributed by atoms with Gasteiger partial charge in [-0.2, -0.15) is 5.26 Å². The van der Waals surface area contributed by atoms with Gasteiger partial charge in [0, 0.05) is 6.42 Å². The number of Topliss-reactive ketones (excluding diaryl/α,β-unsaturated/α-hetero) is 1. The molecule has 0 heterocycles. The molecule has 0 atom stereocenters. The monoisotopic (exact) mass is 335 g/mol. The van der Waals surface area contributed by atoms with E-state index in [9.17, 15) is 4.79 Å². The first-order chi connectivity index (χ1) is 11.8. The van der Waals surface area contributed by atoms with Gasteiger partial charge in [-0.15, -0.1) is 0 Å². The summed E-state index contributed by atoms with van der Waals surface area (Å²) in [6.07, 6.45) is 24.8. The second-order valence-electron chi connectivity index (χ2n) is 7.30. The zero-order valence-electron chi connectivity index (χ0n) is 16.3. The lowest BCUT2D eigenvalue weighted by Crippen LogP contribution is -1.92. The molecular weight excluding hydrogens is 294 g/mol. The molecule has 0 saturated carbocycles. The van der Waals surface area contributed by atoms with E-state index in [1.54, 1.807) is 6.07 Å². The fourth-order valence-corrected chi connectivity index (χ4v) is 3.24. The maximum Gasteiger partial charge on any atom is 0.231 e. The number of carbonyl (C=O) groups excluding carboxylic acids is 1. The second kappa shape index (κ2) is 20.2. The summed E-state index contributed by atoms with van der Waals surface area (Å²) in [5.74, 6) is -0.258. The van der Waals surface area contributed by atoms with Crippen molar-refractivity contribution < 1.29 is 4.79 Å². The molecule has 24 heavy (non-hydrogen) atoms. The first kappa shape index (κ1) is 23.2. The number of ketones is 1. The van der Waals surface area contributed by atoms with Crippen molar-refractivity contribution in [3.8, 4) is 6.07 Å². The summed E-state index contributed by atoms with van der Waals surface area (Å²) in [5.41, 5.74) is 0. The molecule has 0 aromatic heterocycles. The lowest BCUT2D eigenvalue weighted by atomic mass is 10.0. The number of rotatable bonds is 19. The quantitative estimate of drug-likeness (QED) is 0.181. The number of nitriles is 1. The first-order valence-electron chi connectivity index (χ1n) is 10.7. The highest BCUT2D eigenvalue weighted by molar-refractivity contribution is 5.93. The molecule has 0 bridgehead atoms. The van der Waals surface area contributed by atoms with Gasteiger partial charge in [0.15, 0.2) is 0 Å². The van der Waals surface area contributed by atoms with Crippen LogP contribution in [0.25, 0.3) is 0 Å². The van der Waals surface area contributed by atoms with E-state index in [1.165, 1.54) is 103 Å². The molecule has 2 heteroatoms. The Bertz CT molecular complexity index is 306. The van der Waals surface area contributed by atoms with Crippen LogP contribution in [0.3, 0.4) is 0 Å². The van der Waals surface area contributed by atoms with E-state index >= 15 is 0 Å². The number of hydrogen-bond acceptors (Lipinski definition) is 2. The second-order valence-corrected chi connectivity index (χ2v) is 7.30.